The maximum atomic E-state index is 11.2. The standard InChI is InChI=1S/C16H20N2O4/c1-9(2)10-6-7-13(21-4)15(22-5)14(10)12-8-11(16(19)20)17-18(12)3/h6-9H,1-5H3,(H,19,20). The summed E-state index contributed by atoms with van der Waals surface area (Å²) >= 11 is 0. The van der Waals surface area contributed by atoms with Crippen molar-refractivity contribution in [1.82, 2.24) is 9.78 Å². The summed E-state index contributed by atoms with van der Waals surface area (Å²) < 4.78 is 12.4. The van der Waals surface area contributed by atoms with Gasteiger partial charge in [0.05, 0.1) is 19.9 Å². The molecule has 2 aromatic rings. The highest BCUT2D eigenvalue weighted by atomic mass is 16.5. The van der Waals surface area contributed by atoms with E-state index in [0.717, 1.165) is 11.1 Å². The molecule has 0 aliphatic heterocycles. The van der Waals surface area contributed by atoms with E-state index in [-0.39, 0.29) is 11.6 Å². The number of carboxylic acid groups (broad SMARTS) is 1. The number of hydrogen-bond acceptors (Lipinski definition) is 4. The predicted octanol–water partition coefficient (Wildman–Crippen LogP) is 2.93. The Morgan fingerprint density at radius 2 is 1.95 bits per heavy atom. The number of nitrogens with zero attached hydrogens (tertiary/aromatic N) is 2. The number of aromatic nitrogens is 2. The average molecular weight is 304 g/mol. The molecule has 0 amide bonds. The molecule has 6 heteroatoms. The summed E-state index contributed by atoms with van der Waals surface area (Å²) in [6, 6.07) is 5.37. The summed E-state index contributed by atoms with van der Waals surface area (Å²) in [5.74, 6) is 0.349. The zero-order valence-electron chi connectivity index (χ0n) is 13.4. The first-order valence-electron chi connectivity index (χ1n) is 6.93. The van der Waals surface area contributed by atoms with E-state index in [2.05, 4.69) is 18.9 Å². The van der Waals surface area contributed by atoms with Crippen LogP contribution in [-0.2, 0) is 7.05 Å². The van der Waals surface area contributed by atoms with Gasteiger partial charge in [-0.05, 0) is 23.6 Å². The first kappa shape index (κ1) is 15.9. The van der Waals surface area contributed by atoms with Crippen LogP contribution in [0.2, 0.25) is 0 Å². The van der Waals surface area contributed by atoms with E-state index in [1.165, 1.54) is 0 Å². The second-order valence-corrected chi connectivity index (χ2v) is 5.26. The van der Waals surface area contributed by atoms with Gasteiger partial charge in [0.1, 0.15) is 0 Å². The molecule has 6 nitrogen and oxygen atoms in total. The van der Waals surface area contributed by atoms with E-state index in [1.807, 2.05) is 12.1 Å². The van der Waals surface area contributed by atoms with Crippen LogP contribution in [0.15, 0.2) is 18.2 Å². The topological polar surface area (TPSA) is 73.6 Å². The lowest BCUT2D eigenvalue weighted by atomic mass is 9.93. The van der Waals surface area contributed by atoms with Crippen LogP contribution in [0.3, 0.4) is 0 Å². The molecule has 0 aliphatic carbocycles. The number of carbonyl (C=O) groups is 1. The predicted molar refractivity (Wildman–Crippen MR) is 82.8 cm³/mol. The van der Waals surface area contributed by atoms with Crippen molar-refractivity contribution < 1.29 is 19.4 Å². The number of hydrogen-bond donors (Lipinski definition) is 1. The van der Waals surface area contributed by atoms with E-state index in [1.54, 1.807) is 32.0 Å². The largest absolute Gasteiger partial charge is 0.493 e. The fourth-order valence-corrected chi connectivity index (χ4v) is 2.49. The third-order valence-electron chi connectivity index (χ3n) is 3.55. The number of methoxy groups -OCH3 is 2. The van der Waals surface area contributed by atoms with Gasteiger partial charge in [-0.1, -0.05) is 19.9 Å². The first-order valence-corrected chi connectivity index (χ1v) is 6.93. The molecular formula is C16H20N2O4. The number of benzene rings is 1. The van der Waals surface area contributed by atoms with Crippen molar-refractivity contribution in [3.63, 3.8) is 0 Å². The van der Waals surface area contributed by atoms with Crippen molar-refractivity contribution in [2.75, 3.05) is 14.2 Å². The number of rotatable bonds is 5. The average Bonchev–Trinajstić information content (AvgIpc) is 2.87. The molecule has 0 saturated heterocycles. The molecule has 118 valence electrons. The molecule has 0 saturated carbocycles. The van der Waals surface area contributed by atoms with Gasteiger partial charge in [-0.2, -0.15) is 5.10 Å². The summed E-state index contributed by atoms with van der Waals surface area (Å²) in [4.78, 5) is 11.2. The molecule has 1 aromatic carbocycles. The maximum absolute atomic E-state index is 11.2. The second-order valence-electron chi connectivity index (χ2n) is 5.26. The van der Waals surface area contributed by atoms with Gasteiger partial charge in [-0.25, -0.2) is 4.79 Å². The summed E-state index contributed by atoms with van der Waals surface area (Å²) in [6.07, 6.45) is 0. The highest BCUT2D eigenvalue weighted by Crippen LogP contribution is 2.43. The van der Waals surface area contributed by atoms with E-state index in [9.17, 15) is 4.79 Å². The number of ether oxygens (including phenoxy) is 2. The quantitative estimate of drug-likeness (QED) is 0.919. The van der Waals surface area contributed by atoms with Crippen molar-refractivity contribution in [3.8, 4) is 22.8 Å². The molecule has 0 fully saturated rings. The highest BCUT2D eigenvalue weighted by molar-refractivity contribution is 5.88. The van der Waals surface area contributed by atoms with Gasteiger partial charge in [0, 0.05) is 12.6 Å². The fraction of sp³-hybridized carbons (Fsp3) is 0.375. The van der Waals surface area contributed by atoms with Crippen molar-refractivity contribution >= 4 is 5.97 Å². The third-order valence-corrected chi connectivity index (χ3v) is 3.55. The van der Waals surface area contributed by atoms with Crippen molar-refractivity contribution in [2.24, 2.45) is 7.05 Å². The molecule has 1 aromatic heterocycles. The lowest BCUT2D eigenvalue weighted by Gasteiger charge is -2.19. The van der Waals surface area contributed by atoms with Crippen LogP contribution >= 0.6 is 0 Å². The summed E-state index contributed by atoms with van der Waals surface area (Å²) in [6.45, 7) is 4.14. The van der Waals surface area contributed by atoms with Crippen LogP contribution < -0.4 is 9.47 Å². The minimum absolute atomic E-state index is 0.00270. The van der Waals surface area contributed by atoms with Crippen molar-refractivity contribution in [3.05, 3.63) is 29.5 Å². The molecule has 0 spiro atoms. The highest BCUT2D eigenvalue weighted by Gasteiger charge is 2.23. The van der Waals surface area contributed by atoms with Crippen LogP contribution in [-0.4, -0.2) is 35.1 Å². The van der Waals surface area contributed by atoms with Crippen molar-refractivity contribution in [2.45, 2.75) is 19.8 Å². The van der Waals surface area contributed by atoms with Gasteiger partial charge >= 0.3 is 5.97 Å². The molecule has 1 N–H and O–H groups in total. The van der Waals surface area contributed by atoms with Gasteiger partial charge < -0.3 is 14.6 Å². The second kappa shape index (κ2) is 6.09. The Bertz CT molecular complexity index is 704. The Morgan fingerprint density at radius 1 is 1.27 bits per heavy atom. The summed E-state index contributed by atoms with van der Waals surface area (Å²) in [7, 11) is 4.85. The van der Waals surface area contributed by atoms with Crippen molar-refractivity contribution in [1.29, 1.82) is 0 Å². The Kier molecular flexibility index (Phi) is 4.40. The minimum Gasteiger partial charge on any atom is -0.493 e. The normalized spacial score (nSPS) is 10.8. The monoisotopic (exact) mass is 304 g/mol. The van der Waals surface area contributed by atoms with Gasteiger partial charge in [-0.15, -0.1) is 0 Å². The van der Waals surface area contributed by atoms with Crippen LogP contribution in [0.4, 0.5) is 0 Å². The van der Waals surface area contributed by atoms with E-state index >= 15 is 0 Å². The molecule has 1 heterocycles. The Labute approximate surface area is 129 Å². The van der Waals surface area contributed by atoms with Gasteiger partial charge in [-0.3, -0.25) is 4.68 Å². The molecule has 0 atom stereocenters. The molecule has 0 unspecified atom stereocenters. The number of carboxylic acids is 1. The van der Waals surface area contributed by atoms with E-state index in [0.29, 0.717) is 17.2 Å². The van der Waals surface area contributed by atoms with Crippen LogP contribution in [0.1, 0.15) is 35.8 Å². The number of aromatic carboxylic acids is 1. The zero-order chi connectivity index (χ0) is 16.4. The maximum Gasteiger partial charge on any atom is 0.356 e. The first-order chi connectivity index (χ1) is 10.4. The SMILES string of the molecule is COc1ccc(C(C)C)c(-c2cc(C(=O)O)nn2C)c1OC. The number of aryl methyl sites for hydroxylation is 1. The molecule has 0 aliphatic rings. The summed E-state index contributed by atoms with van der Waals surface area (Å²) in [5, 5.41) is 13.2. The van der Waals surface area contributed by atoms with Gasteiger partial charge in [0.25, 0.3) is 0 Å². The van der Waals surface area contributed by atoms with Crippen LogP contribution in [0.25, 0.3) is 11.3 Å². The summed E-state index contributed by atoms with van der Waals surface area (Å²) in [5.41, 5.74) is 2.52. The Balaban J connectivity index is 2.79. The molecule has 2 rings (SSSR count). The van der Waals surface area contributed by atoms with Crippen LogP contribution in [0, 0.1) is 0 Å². The van der Waals surface area contributed by atoms with Gasteiger partial charge in [0.15, 0.2) is 17.2 Å². The molecule has 22 heavy (non-hydrogen) atoms. The van der Waals surface area contributed by atoms with E-state index in [4.69, 9.17) is 14.6 Å². The molecular weight excluding hydrogens is 284 g/mol. The molecule has 0 bridgehead atoms. The van der Waals surface area contributed by atoms with Crippen LogP contribution in [0.5, 0.6) is 11.5 Å². The third kappa shape index (κ3) is 2.64. The Morgan fingerprint density at radius 3 is 2.41 bits per heavy atom. The fourth-order valence-electron chi connectivity index (χ4n) is 2.49. The van der Waals surface area contributed by atoms with Gasteiger partial charge in [0.2, 0.25) is 0 Å². The lowest BCUT2D eigenvalue weighted by Crippen LogP contribution is -2.03. The van der Waals surface area contributed by atoms with E-state index < -0.39 is 5.97 Å². The molecule has 0 radical (unpaired) electrons. The lowest BCUT2D eigenvalue weighted by molar-refractivity contribution is 0.0689. The smallest absolute Gasteiger partial charge is 0.356 e. The Hall–Kier alpha value is -2.50. The zero-order valence-corrected chi connectivity index (χ0v) is 13.4. The minimum atomic E-state index is -1.06.